The third-order valence-corrected chi connectivity index (χ3v) is 22.0. The minimum atomic E-state index is -3.77. The Kier molecular flexibility index (Phi) is 10.1. The number of hydrogen-bond acceptors (Lipinski definition) is 2. The first-order valence-electron chi connectivity index (χ1n) is 29.1. The first-order chi connectivity index (χ1) is 41.6. The Hall–Kier alpha value is -10.2. The number of rotatable bonds is 6. The third-order valence-electron chi connectivity index (χ3n) is 18.9. The highest BCUT2D eigenvalue weighted by Crippen LogP contribution is 2.65. The van der Waals surface area contributed by atoms with Crippen LogP contribution in [0.2, 0.25) is 0 Å². The van der Waals surface area contributed by atoms with E-state index < -0.39 is 12.6 Å². The van der Waals surface area contributed by atoms with Crippen molar-refractivity contribution < 1.29 is 4.57 Å². The number of benzene rings is 13. The monoisotopic (exact) mass is 1080 g/mol. The second-order valence-corrected chi connectivity index (χ2v) is 25.6. The summed E-state index contributed by atoms with van der Waals surface area (Å²) in [5.41, 5.74) is 25.9. The summed E-state index contributed by atoms with van der Waals surface area (Å²) in [6.45, 7) is -0.301. The van der Waals surface area contributed by atoms with Crippen LogP contribution < -0.4 is 37.2 Å². The van der Waals surface area contributed by atoms with Crippen LogP contribution >= 0.6 is 7.14 Å². The lowest BCUT2D eigenvalue weighted by atomic mass is 9.34. The maximum absolute atomic E-state index is 18.2. The molecule has 390 valence electrons. The molecule has 0 saturated heterocycles. The molecular formula is C79H50BN2OP. The predicted octanol–water partition coefficient (Wildman–Crippen LogP) is 16.4. The van der Waals surface area contributed by atoms with E-state index in [2.05, 4.69) is 313 Å². The predicted molar refractivity (Wildman–Crippen MR) is 352 cm³/mol. The van der Waals surface area contributed by atoms with Crippen LogP contribution in [-0.2, 0) is 9.98 Å². The summed E-state index contributed by atoms with van der Waals surface area (Å²) in [4.78, 5) is 2.58. The van der Waals surface area contributed by atoms with Crippen molar-refractivity contribution in [2.45, 2.75) is 5.41 Å². The molecule has 0 amide bonds. The molecule has 14 aromatic rings. The topological polar surface area (TPSA) is 25.2 Å². The van der Waals surface area contributed by atoms with Gasteiger partial charge in [0, 0.05) is 49.3 Å². The third kappa shape index (κ3) is 6.41. The number of anilines is 3. The van der Waals surface area contributed by atoms with Gasteiger partial charge in [-0.25, -0.2) is 0 Å². The van der Waals surface area contributed by atoms with E-state index in [0.29, 0.717) is 0 Å². The molecule has 3 heterocycles. The van der Waals surface area contributed by atoms with E-state index in [1.54, 1.807) is 0 Å². The molecule has 0 bridgehead atoms. The number of hydrogen-bond donors (Lipinski definition) is 0. The Balaban J connectivity index is 0.998. The minimum absolute atomic E-state index is 0.301. The lowest BCUT2D eigenvalue weighted by molar-refractivity contribution is 0.592. The lowest BCUT2D eigenvalue weighted by Crippen LogP contribution is -2.68. The molecule has 1 aromatic heterocycles. The van der Waals surface area contributed by atoms with Gasteiger partial charge in [0.25, 0.3) is 0 Å². The van der Waals surface area contributed by atoms with Gasteiger partial charge >= 0.3 is 0 Å². The zero-order chi connectivity index (χ0) is 55.3. The number of nitrogens with zero attached hydrogens (tertiary/aromatic N) is 2. The van der Waals surface area contributed by atoms with Gasteiger partial charge < -0.3 is 14.0 Å². The van der Waals surface area contributed by atoms with Gasteiger partial charge in [0.1, 0.15) is 0 Å². The van der Waals surface area contributed by atoms with Crippen LogP contribution in [-0.4, -0.2) is 11.3 Å². The van der Waals surface area contributed by atoms with E-state index in [9.17, 15) is 0 Å². The van der Waals surface area contributed by atoms with Gasteiger partial charge in [-0.05, 0) is 120 Å². The molecule has 18 rings (SSSR count). The lowest BCUT2D eigenvalue weighted by Gasteiger charge is -2.44. The fraction of sp³-hybridized carbons (Fsp3) is 0.0127. The van der Waals surface area contributed by atoms with Crippen molar-refractivity contribution in [1.29, 1.82) is 0 Å². The Morgan fingerprint density at radius 3 is 1.43 bits per heavy atom. The van der Waals surface area contributed by atoms with E-state index in [1.165, 1.54) is 60.7 Å². The quantitative estimate of drug-likeness (QED) is 0.122. The molecule has 13 aromatic carbocycles. The average Bonchev–Trinajstić information content (AvgIpc) is 1.93. The second kappa shape index (κ2) is 17.9. The van der Waals surface area contributed by atoms with E-state index in [-0.39, 0.29) is 6.71 Å². The van der Waals surface area contributed by atoms with E-state index >= 15 is 4.57 Å². The summed E-state index contributed by atoms with van der Waals surface area (Å²) in [6.07, 6.45) is 0. The normalized spacial score (nSPS) is 15.3. The van der Waals surface area contributed by atoms with Gasteiger partial charge in [-0.15, -0.1) is 0 Å². The number of fused-ring (bicyclic) bond motifs is 17. The van der Waals surface area contributed by atoms with Crippen molar-refractivity contribution in [2.75, 3.05) is 4.90 Å². The van der Waals surface area contributed by atoms with Crippen molar-refractivity contribution in [2.24, 2.45) is 0 Å². The van der Waals surface area contributed by atoms with Gasteiger partial charge in [-0.3, -0.25) is 0 Å². The van der Waals surface area contributed by atoms with Crippen LogP contribution in [0.4, 0.5) is 17.1 Å². The maximum atomic E-state index is 18.2. The summed E-state index contributed by atoms with van der Waals surface area (Å²) < 4.78 is 20.7. The summed E-state index contributed by atoms with van der Waals surface area (Å²) in [5, 5.41) is 4.88. The van der Waals surface area contributed by atoms with Crippen LogP contribution in [0, 0.1) is 0 Å². The highest BCUT2D eigenvalue weighted by atomic mass is 31.2. The summed E-state index contributed by atoms with van der Waals surface area (Å²) in [6, 6.07) is 111. The molecular weight excluding hydrogens is 1030 g/mol. The summed E-state index contributed by atoms with van der Waals surface area (Å²) in [7, 11) is -3.77. The molecule has 2 aliphatic carbocycles. The maximum Gasteiger partial charge on any atom is 0.248 e. The van der Waals surface area contributed by atoms with Gasteiger partial charge in [-0.1, -0.05) is 272 Å². The first-order valence-corrected chi connectivity index (χ1v) is 30.8. The average molecular weight is 1090 g/mol. The van der Waals surface area contributed by atoms with E-state index in [0.717, 1.165) is 94.0 Å². The molecule has 84 heavy (non-hydrogen) atoms. The van der Waals surface area contributed by atoms with Crippen molar-refractivity contribution in [3.8, 4) is 61.3 Å². The molecule has 0 N–H and O–H groups in total. The zero-order valence-corrected chi connectivity index (χ0v) is 46.6. The highest BCUT2D eigenvalue weighted by molar-refractivity contribution is 7.86. The van der Waals surface area contributed by atoms with Crippen molar-refractivity contribution in [1.82, 2.24) is 4.57 Å². The molecule has 1 unspecified atom stereocenters. The van der Waals surface area contributed by atoms with Crippen molar-refractivity contribution >= 4 is 85.0 Å². The van der Waals surface area contributed by atoms with Gasteiger partial charge in [-0.2, -0.15) is 0 Å². The SMILES string of the molecule is O=P1(c2ccc(-c3ccccc3)cc2)c2ccc(-c3ccccc3)cc2B2c3cc(-c4ccccc4)ccc3N(c3cccc4c3-c3ccccc3C43c4ccccc4-c4ccccc43)c3cc(-n4c5ccccc5c5ccccc54)cc1c32. The zero-order valence-electron chi connectivity index (χ0n) is 45.7. The largest absolute Gasteiger partial charge is 0.311 e. The van der Waals surface area contributed by atoms with Gasteiger partial charge in [0.05, 0.1) is 22.1 Å². The molecule has 1 spiro atoms. The van der Waals surface area contributed by atoms with Crippen molar-refractivity contribution in [3.05, 3.63) is 326 Å². The van der Waals surface area contributed by atoms with E-state index in [1.807, 2.05) is 0 Å². The Labute approximate surface area is 488 Å². The molecule has 3 nitrogen and oxygen atoms in total. The molecule has 0 saturated carbocycles. The fourth-order valence-electron chi connectivity index (χ4n) is 15.4. The molecule has 0 radical (unpaired) electrons. The Morgan fingerprint density at radius 2 is 0.810 bits per heavy atom. The van der Waals surface area contributed by atoms with Gasteiger partial charge in [0.2, 0.25) is 6.71 Å². The Bertz CT molecular complexity index is 5030. The van der Waals surface area contributed by atoms with Crippen LogP contribution in [0.25, 0.3) is 83.1 Å². The molecule has 4 aliphatic rings. The second-order valence-electron chi connectivity index (χ2n) is 22.9. The standard InChI is InChI=1S/C79H50BN2OP/c83-84(58-43-39-54(40-44-58)51-21-4-1-5-22-51)75-46-42-56(53-25-8-3-9-26-53)48-69(75)80-68-47-55(52-23-6-2-7-24-52)41-45-72(68)82(74-49-57(50-76(84)78(74)80)81-70-36-18-13-29-61(70)62-30-14-19-37-71(62)81)73-38-20-35-67-77(73)63-31-12-17-34-66(63)79(67)64-32-15-10-27-59(64)60-28-11-16-33-65(60)79/h1-50H. The number of aromatic nitrogens is 1. The van der Waals surface area contributed by atoms with E-state index in [4.69, 9.17) is 0 Å². The smallest absolute Gasteiger partial charge is 0.248 e. The summed E-state index contributed by atoms with van der Waals surface area (Å²) in [5.74, 6) is 0. The van der Waals surface area contributed by atoms with Crippen LogP contribution in [0.1, 0.15) is 22.3 Å². The van der Waals surface area contributed by atoms with Crippen LogP contribution in [0.5, 0.6) is 0 Å². The molecule has 1 atom stereocenters. The molecule has 0 fully saturated rings. The van der Waals surface area contributed by atoms with Gasteiger partial charge in [0.15, 0.2) is 7.14 Å². The highest BCUT2D eigenvalue weighted by Gasteiger charge is 2.54. The summed E-state index contributed by atoms with van der Waals surface area (Å²) >= 11 is 0. The number of para-hydroxylation sites is 2. The van der Waals surface area contributed by atoms with Crippen LogP contribution in [0.3, 0.4) is 0 Å². The minimum Gasteiger partial charge on any atom is -0.311 e. The van der Waals surface area contributed by atoms with Crippen LogP contribution in [0.15, 0.2) is 303 Å². The Morgan fingerprint density at radius 1 is 0.333 bits per heavy atom. The molecule has 2 aliphatic heterocycles. The fourth-order valence-corrected chi connectivity index (χ4v) is 18.6. The van der Waals surface area contributed by atoms with Crippen molar-refractivity contribution in [3.63, 3.8) is 0 Å². The molecule has 5 heteroatoms. The first kappa shape index (κ1) is 47.4.